The minimum Gasteiger partial charge on any atom is -0.465 e. The van der Waals surface area contributed by atoms with Gasteiger partial charge < -0.3 is 14.8 Å². The second-order valence-corrected chi connectivity index (χ2v) is 6.91. The van der Waals surface area contributed by atoms with Crippen LogP contribution in [0.25, 0.3) is 0 Å². The Morgan fingerprint density at radius 1 is 1.17 bits per heavy atom. The van der Waals surface area contributed by atoms with Crippen molar-refractivity contribution in [3.8, 4) is 0 Å². The SMILES string of the molecule is COC(=O)c1ccc(C2CCNCC2OC(=O)C(C)(C)C)cc1. The van der Waals surface area contributed by atoms with Gasteiger partial charge in [0.1, 0.15) is 6.10 Å². The number of esters is 2. The topological polar surface area (TPSA) is 64.6 Å². The first-order valence-corrected chi connectivity index (χ1v) is 7.93. The van der Waals surface area contributed by atoms with Crippen molar-refractivity contribution < 1.29 is 19.1 Å². The third-order valence-corrected chi connectivity index (χ3v) is 4.06. The monoisotopic (exact) mass is 319 g/mol. The van der Waals surface area contributed by atoms with Gasteiger partial charge in [0, 0.05) is 12.5 Å². The van der Waals surface area contributed by atoms with Crippen LogP contribution in [0.2, 0.25) is 0 Å². The number of rotatable bonds is 3. The highest BCUT2D eigenvalue weighted by Gasteiger charge is 2.33. The van der Waals surface area contributed by atoms with E-state index in [2.05, 4.69) is 5.32 Å². The van der Waals surface area contributed by atoms with E-state index in [9.17, 15) is 9.59 Å². The molecule has 1 aliphatic rings. The largest absolute Gasteiger partial charge is 0.465 e. The molecule has 2 rings (SSSR count). The quantitative estimate of drug-likeness (QED) is 0.867. The van der Waals surface area contributed by atoms with Crippen LogP contribution in [0.5, 0.6) is 0 Å². The van der Waals surface area contributed by atoms with Crippen molar-refractivity contribution in [3.63, 3.8) is 0 Å². The van der Waals surface area contributed by atoms with Gasteiger partial charge in [0.25, 0.3) is 0 Å². The molecule has 0 aromatic heterocycles. The summed E-state index contributed by atoms with van der Waals surface area (Å²) in [5, 5.41) is 3.28. The van der Waals surface area contributed by atoms with E-state index in [1.54, 1.807) is 12.1 Å². The maximum absolute atomic E-state index is 12.2. The molecule has 1 aromatic carbocycles. The second kappa shape index (κ2) is 7.13. The lowest BCUT2D eigenvalue weighted by Crippen LogP contribution is -2.43. The molecule has 1 saturated heterocycles. The lowest BCUT2D eigenvalue weighted by Gasteiger charge is -2.33. The van der Waals surface area contributed by atoms with Gasteiger partial charge in [-0.25, -0.2) is 4.79 Å². The molecule has 2 unspecified atom stereocenters. The van der Waals surface area contributed by atoms with E-state index in [1.807, 2.05) is 32.9 Å². The number of benzene rings is 1. The van der Waals surface area contributed by atoms with Crippen LogP contribution in [-0.4, -0.2) is 38.2 Å². The Morgan fingerprint density at radius 2 is 1.83 bits per heavy atom. The molecule has 126 valence electrons. The lowest BCUT2D eigenvalue weighted by molar-refractivity contribution is -0.160. The first kappa shape index (κ1) is 17.5. The van der Waals surface area contributed by atoms with Gasteiger partial charge in [-0.15, -0.1) is 0 Å². The number of piperidine rings is 1. The van der Waals surface area contributed by atoms with Gasteiger partial charge >= 0.3 is 11.9 Å². The van der Waals surface area contributed by atoms with Gasteiger partial charge in [0.05, 0.1) is 18.1 Å². The molecule has 5 nitrogen and oxygen atoms in total. The van der Waals surface area contributed by atoms with Crippen LogP contribution >= 0.6 is 0 Å². The van der Waals surface area contributed by atoms with Crippen LogP contribution in [0, 0.1) is 5.41 Å². The Morgan fingerprint density at radius 3 is 2.39 bits per heavy atom. The smallest absolute Gasteiger partial charge is 0.337 e. The maximum atomic E-state index is 12.2. The summed E-state index contributed by atoms with van der Waals surface area (Å²) in [7, 11) is 1.37. The van der Waals surface area contributed by atoms with E-state index in [1.165, 1.54) is 7.11 Å². The minimum absolute atomic E-state index is 0.134. The molecule has 0 bridgehead atoms. The first-order valence-electron chi connectivity index (χ1n) is 7.93. The molecule has 1 aromatic rings. The number of ether oxygens (including phenoxy) is 2. The van der Waals surface area contributed by atoms with Crippen molar-refractivity contribution in [3.05, 3.63) is 35.4 Å². The third-order valence-electron chi connectivity index (χ3n) is 4.06. The van der Waals surface area contributed by atoms with Crippen molar-refractivity contribution in [2.24, 2.45) is 5.41 Å². The molecule has 0 aliphatic carbocycles. The highest BCUT2D eigenvalue weighted by atomic mass is 16.5. The van der Waals surface area contributed by atoms with Gasteiger partial charge in [0.2, 0.25) is 0 Å². The van der Waals surface area contributed by atoms with Gasteiger partial charge in [-0.2, -0.15) is 0 Å². The number of carbonyl (C=O) groups excluding carboxylic acids is 2. The number of carbonyl (C=O) groups is 2. The number of methoxy groups -OCH3 is 1. The number of nitrogens with one attached hydrogen (secondary N) is 1. The van der Waals surface area contributed by atoms with Gasteiger partial charge in [-0.05, 0) is 51.4 Å². The Hall–Kier alpha value is -1.88. The highest BCUT2D eigenvalue weighted by molar-refractivity contribution is 5.89. The van der Waals surface area contributed by atoms with Crippen LogP contribution in [0.3, 0.4) is 0 Å². The molecule has 2 atom stereocenters. The van der Waals surface area contributed by atoms with Crippen molar-refractivity contribution in [2.75, 3.05) is 20.2 Å². The first-order chi connectivity index (χ1) is 10.8. The summed E-state index contributed by atoms with van der Waals surface area (Å²) >= 11 is 0. The van der Waals surface area contributed by atoms with Crippen LogP contribution < -0.4 is 5.32 Å². The van der Waals surface area contributed by atoms with Crippen molar-refractivity contribution in [1.29, 1.82) is 0 Å². The predicted molar refractivity (Wildman–Crippen MR) is 87.3 cm³/mol. The van der Waals surface area contributed by atoms with E-state index < -0.39 is 5.41 Å². The highest BCUT2D eigenvalue weighted by Crippen LogP contribution is 2.30. The summed E-state index contributed by atoms with van der Waals surface area (Å²) in [5.74, 6) is -0.408. The van der Waals surface area contributed by atoms with Crippen molar-refractivity contribution in [2.45, 2.75) is 39.2 Å². The fraction of sp³-hybridized carbons (Fsp3) is 0.556. The Balaban J connectivity index is 2.14. The average molecular weight is 319 g/mol. The average Bonchev–Trinajstić information content (AvgIpc) is 2.54. The second-order valence-electron chi connectivity index (χ2n) is 6.91. The molecule has 0 radical (unpaired) electrons. The summed E-state index contributed by atoms with van der Waals surface area (Å²) < 4.78 is 10.4. The summed E-state index contributed by atoms with van der Waals surface area (Å²) in [5.41, 5.74) is 1.08. The normalized spacial score (nSPS) is 21.6. The van der Waals surface area contributed by atoms with E-state index >= 15 is 0 Å². The minimum atomic E-state index is -0.517. The van der Waals surface area contributed by atoms with Gasteiger partial charge in [0.15, 0.2) is 0 Å². The Kier molecular flexibility index (Phi) is 5.42. The molecular formula is C18H25NO4. The van der Waals surface area contributed by atoms with E-state index in [0.717, 1.165) is 18.5 Å². The Bertz CT molecular complexity index is 559. The van der Waals surface area contributed by atoms with Gasteiger partial charge in [-0.3, -0.25) is 4.79 Å². The van der Waals surface area contributed by atoms with E-state index in [0.29, 0.717) is 12.1 Å². The summed E-state index contributed by atoms with van der Waals surface area (Å²) in [6, 6.07) is 7.35. The standard InChI is InChI=1S/C18H25NO4/c1-18(2,3)17(21)23-15-11-19-10-9-14(15)12-5-7-13(8-6-12)16(20)22-4/h5-8,14-15,19H,9-11H2,1-4H3. The number of hydrogen-bond acceptors (Lipinski definition) is 5. The van der Waals surface area contributed by atoms with Gasteiger partial charge in [-0.1, -0.05) is 12.1 Å². The van der Waals surface area contributed by atoms with Crippen LogP contribution in [-0.2, 0) is 14.3 Å². The fourth-order valence-electron chi connectivity index (χ4n) is 2.63. The zero-order chi connectivity index (χ0) is 17.0. The van der Waals surface area contributed by atoms with Crippen LogP contribution in [0.4, 0.5) is 0 Å². The Labute approximate surface area is 137 Å². The number of hydrogen-bond donors (Lipinski definition) is 1. The van der Waals surface area contributed by atoms with Crippen LogP contribution in [0.1, 0.15) is 49.0 Å². The summed E-state index contributed by atoms with van der Waals surface area (Å²) in [4.78, 5) is 23.7. The van der Waals surface area contributed by atoms with Crippen LogP contribution in [0.15, 0.2) is 24.3 Å². The summed E-state index contributed by atoms with van der Waals surface area (Å²) in [6.07, 6.45) is 0.694. The zero-order valence-corrected chi connectivity index (χ0v) is 14.2. The third kappa shape index (κ3) is 4.32. The fourth-order valence-corrected chi connectivity index (χ4v) is 2.63. The lowest BCUT2D eigenvalue weighted by atomic mass is 9.87. The molecule has 0 saturated carbocycles. The van der Waals surface area contributed by atoms with Crippen molar-refractivity contribution in [1.82, 2.24) is 5.32 Å². The predicted octanol–water partition coefficient (Wildman–Crippen LogP) is 2.51. The maximum Gasteiger partial charge on any atom is 0.337 e. The van der Waals surface area contributed by atoms with Crippen molar-refractivity contribution >= 4 is 11.9 Å². The molecule has 1 N–H and O–H groups in total. The molecule has 5 heteroatoms. The molecule has 0 amide bonds. The zero-order valence-electron chi connectivity index (χ0n) is 14.2. The molecule has 23 heavy (non-hydrogen) atoms. The van der Waals surface area contributed by atoms with E-state index in [-0.39, 0.29) is 24.0 Å². The molecular weight excluding hydrogens is 294 g/mol. The molecule has 1 aliphatic heterocycles. The molecule has 0 spiro atoms. The van der Waals surface area contributed by atoms with E-state index in [4.69, 9.17) is 9.47 Å². The molecule has 1 fully saturated rings. The molecule has 1 heterocycles. The summed E-state index contributed by atoms with van der Waals surface area (Å²) in [6.45, 7) is 7.08.